The Bertz CT molecular complexity index is 722. The molecule has 1 atom stereocenters. The first-order valence-corrected chi connectivity index (χ1v) is 8.14. The van der Waals surface area contributed by atoms with Gasteiger partial charge in [-0.05, 0) is 42.7 Å². The van der Waals surface area contributed by atoms with E-state index in [2.05, 4.69) is 16.5 Å². The van der Waals surface area contributed by atoms with Crippen LogP contribution in [0.2, 0.25) is 0 Å². The Morgan fingerprint density at radius 3 is 2.32 bits per heavy atom. The molecule has 5 nitrogen and oxygen atoms in total. The third-order valence-corrected chi connectivity index (χ3v) is 3.64. The number of carbonyl (C=O) groups excluding carboxylic acids is 1. The molecule has 1 unspecified atom stereocenters. The summed E-state index contributed by atoms with van der Waals surface area (Å²) in [7, 11) is 1.45. The van der Waals surface area contributed by atoms with Gasteiger partial charge in [-0.1, -0.05) is 41.6 Å². The number of oxime groups is 1. The van der Waals surface area contributed by atoms with E-state index in [1.165, 1.54) is 14.0 Å². The summed E-state index contributed by atoms with van der Waals surface area (Å²) < 4.78 is 6.01. The van der Waals surface area contributed by atoms with Gasteiger partial charge in [-0.25, -0.2) is 0 Å². The number of aryl methyl sites for hydroxylation is 2. The highest BCUT2D eigenvalue weighted by atomic mass is 16.6. The number of nitrogens with one attached hydrogen (secondary N) is 1. The highest BCUT2D eigenvalue weighted by Crippen LogP contribution is 2.21. The quantitative estimate of drug-likeness (QED) is 0.497. The number of hydrogen-bond acceptors (Lipinski definition) is 4. The number of hydrogen-bond donors (Lipinski definition) is 1. The van der Waals surface area contributed by atoms with Crippen LogP contribution in [0.4, 0.5) is 0 Å². The van der Waals surface area contributed by atoms with Gasteiger partial charge in [-0.2, -0.15) is 0 Å². The summed E-state index contributed by atoms with van der Waals surface area (Å²) in [5.74, 6) is 0.748. The number of amides is 1. The van der Waals surface area contributed by atoms with Crippen LogP contribution in [0.25, 0.3) is 0 Å². The van der Waals surface area contributed by atoms with Crippen molar-refractivity contribution in [3.05, 3.63) is 65.2 Å². The molecule has 2 aromatic carbocycles. The van der Waals surface area contributed by atoms with Gasteiger partial charge < -0.3 is 14.9 Å². The highest BCUT2D eigenvalue weighted by Gasteiger charge is 2.21. The Morgan fingerprint density at radius 2 is 1.76 bits per heavy atom. The summed E-state index contributed by atoms with van der Waals surface area (Å²) in [6, 6.07) is 15.8. The van der Waals surface area contributed by atoms with E-state index in [4.69, 9.17) is 9.57 Å². The van der Waals surface area contributed by atoms with Crippen LogP contribution in [0, 0.1) is 13.8 Å². The van der Waals surface area contributed by atoms with Crippen LogP contribution in [-0.4, -0.2) is 25.5 Å². The molecule has 0 aliphatic carbocycles. The minimum absolute atomic E-state index is 0.205. The van der Waals surface area contributed by atoms with Crippen LogP contribution < -0.4 is 10.1 Å². The lowest BCUT2D eigenvalue weighted by Crippen LogP contribution is -2.36. The van der Waals surface area contributed by atoms with Crippen molar-refractivity contribution in [1.82, 2.24) is 5.32 Å². The molecule has 5 heteroatoms. The third-order valence-electron chi connectivity index (χ3n) is 3.64. The fourth-order valence-corrected chi connectivity index (χ4v) is 2.67. The maximum Gasteiger partial charge on any atom is 0.222 e. The topological polar surface area (TPSA) is 59.9 Å². The zero-order valence-corrected chi connectivity index (χ0v) is 15.1. The number of benzene rings is 2. The molecular formula is C20H24N2O3. The average Bonchev–Trinajstić information content (AvgIpc) is 2.55. The standard InChI is InChI=1S/C20H24N2O3/c1-14-10-15(2)12-18(11-14)25-13-19(17-8-6-5-7-9-17)20(22-24-4)21-16(3)23/h5-12,19H,13H2,1-4H3,(H,21,22,23). The van der Waals surface area contributed by atoms with E-state index >= 15 is 0 Å². The molecule has 1 amide bonds. The lowest BCUT2D eigenvalue weighted by Gasteiger charge is -2.20. The molecule has 25 heavy (non-hydrogen) atoms. The second-order valence-electron chi connectivity index (χ2n) is 5.94. The van der Waals surface area contributed by atoms with E-state index in [1.807, 2.05) is 56.3 Å². The molecule has 0 aliphatic heterocycles. The van der Waals surface area contributed by atoms with Crippen molar-refractivity contribution in [2.24, 2.45) is 5.16 Å². The van der Waals surface area contributed by atoms with Gasteiger partial charge in [-0.3, -0.25) is 4.79 Å². The normalized spacial score (nSPS) is 12.4. The van der Waals surface area contributed by atoms with Gasteiger partial charge in [0.25, 0.3) is 0 Å². The van der Waals surface area contributed by atoms with Gasteiger partial charge in [0, 0.05) is 6.92 Å². The monoisotopic (exact) mass is 340 g/mol. The molecule has 0 spiro atoms. The minimum atomic E-state index is -0.258. The molecule has 0 heterocycles. The van der Waals surface area contributed by atoms with Gasteiger partial charge in [0.1, 0.15) is 19.5 Å². The van der Waals surface area contributed by atoms with Crippen LogP contribution in [0.3, 0.4) is 0 Å². The summed E-state index contributed by atoms with van der Waals surface area (Å²) in [4.78, 5) is 16.5. The SMILES string of the molecule is CON=C(NC(C)=O)C(COc1cc(C)cc(C)c1)c1ccccc1. The van der Waals surface area contributed by atoms with Crippen molar-refractivity contribution >= 4 is 11.7 Å². The van der Waals surface area contributed by atoms with E-state index in [0.29, 0.717) is 12.4 Å². The van der Waals surface area contributed by atoms with Crippen LogP contribution in [0.1, 0.15) is 29.5 Å². The Labute approximate surface area is 148 Å². The number of nitrogens with zero attached hydrogens (tertiary/aromatic N) is 1. The third kappa shape index (κ3) is 5.64. The molecule has 0 saturated heterocycles. The second kappa shape index (κ2) is 8.87. The molecule has 0 radical (unpaired) electrons. The van der Waals surface area contributed by atoms with E-state index in [9.17, 15) is 4.79 Å². The van der Waals surface area contributed by atoms with Crippen molar-refractivity contribution < 1.29 is 14.4 Å². The molecule has 1 N–H and O–H groups in total. The molecule has 0 aliphatic rings. The van der Waals surface area contributed by atoms with Gasteiger partial charge in [0.05, 0.1) is 5.92 Å². The zero-order chi connectivity index (χ0) is 18.2. The largest absolute Gasteiger partial charge is 0.492 e. The molecule has 0 saturated carbocycles. The summed E-state index contributed by atoms with van der Waals surface area (Å²) in [6.45, 7) is 5.83. The summed E-state index contributed by atoms with van der Waals surface area (Å²) in [5.41, 5.74) is 3.26. The Balaban J connectivity index is 2.28. The Hall–Kier alpha value is -2.82. The highest BCUT2D eigenvalue weighted by molar-refractivity contribution is 6.00. The van der Waals surface area contributed by atoms with E-state index in [1.54, 1.807) is 0 Å². The Morgan fingerprint density at radius 1 is 1.12 bits per heavy atom. The van der Waals surface area contributed by atoms with Crippen molar-refractivity contribution in [3.8, 4) is 5.75 Å². The Kier molecular flexibility index (Phi) is 6.57. The van der Waals surface area contributed by atoms with Crippen molar-refractivity contribution in [2.75, 3.05) is 13.7 Å². The maximum absolute atomic E-state index is 11.5. The van der Waals surface area contributed by atoms with E-state index in [-0.39, 0.29) is 11.8 Å². The van der Waals surface area contributed by atoms with Crippen molar-refractivity contribution in [2.45, 2.75) is 26.7 Å². The smallest absolute Gasteiger partial charge is 0.222 e. The average molecular weight is 340 g/mol. The van der Waals surface area contributed by atoms with Crippen molar-refractivity contribution in [1.29, 1.82) is 0 Å². The van der Waals surface area contributed by atoms with Crippen LogP contribution in [0.15, 0.2) is 53.7 Å². The number of carbonyl (C=O) groups is 1. The summed E-state index contributed by atoms with van der Waals surface area (Å²) >= 11 is 0. The van der Waals surface area contributed by atoms with Gasteiger partial charge in [0.2, 0.25) is 5.91 Å². The number of amidine groups is 1. The molecule has 0 aromatic heterocycles. The summed E-state index contributed by atoms with van der Waals surface area (Å²) in [6.07, 6.45) is 0. The van der Waals surface area contributed by atoms with Crippen molar-refractivity contribution in [3.63, 3.8) is 0 Å². The molecule has 0 fully saturated rings. The lowest BCUT2D eigenvalue weighted by atomic mass is 9.98. The summed E-state index contributed by atoms with van der Waals surface area (Å²) in [5, 5.41) is 6.74. The first-order valence-electron chi connectivity index (χ1n) is 8.14. The van der Waals surface area contributed by atoms with Gasteiger partial charge in [0.15, 0.2) is 5.84 Å². The fraction of sp³-hybridized carbons (Fsp3) is 0.300. The van der Waals surface area contributed by atoms with Crippen LogP contribution in [0.5, 0.6) is 5.75 Å². The van der Waals surface area contributed by atoms with Gasteiger partial charge >= 0.3 is 0 Å². The van der Waals surface area contributed by atoms with Gasteiger partial charge in [-0.15, -0.1) is 0 Å². The fourth-order valence-electron chi connectivity index (χ4n) is 2.67. The zero-order valence-electron chi connectivity index (χ0n) is 15.1. The van der Waals surface area contributed by atoms with E-state index in [0.717, 1.165) is 22.4 Å². The molecule has 0 bridgehead atoms. The van der Waals surface area contributed by atoms with E-state index < -0.39 is 0 Å². The maximum atomic E-state index is 11.5. The molecule has 132 valence electrons. The molecule has 2 aromatic rings. The minimum Gasteiger partial charge on any atom is -0.492 e. The molecule has 2 rings (SSSR count). The lowest BCUT2D eigenvalue weighted by molar-refractivity contribution is -0.117. The van der Waals surface area contributed by atoms with Crippen LogP contribution >= 0.6 is 0 Å². The first-order chi connectivity index (χ1) is 12.0. The number of rotatable bonds is 6. The van der Waals surface area contributed by atoms with Crippen LogP contribution in [-0.2, 0) is 9.63 Å². The number of ether oxygens (including phenoxy) is 1. The predicted octanol–water partition coefficient (Wildman–Crippen LogP) is 3.56. The first kappa shape index (κ1) is 18.5. The predicted molar refractivity (Wildman–Crippen MR) is 98.9 cm³/mol. The second-order valence-corrected chi connectivity index (χ2v) is 5.94. The molecular weight excluding hydrogens is 316 g/mol.